The highest BCUT2D eigenvalue weighted by Gasteiger charge is 2.04. The van der Waals surface area contributed by atoms with Crippen LogP contribution in [-0.4, -0.2) is 9.97 Å². The van der Waals surface area contributed by atoms with E-state index in [0.717, 1.165) is 33.3 Å². The van der Waals surface area contributed by atoms with Crippen LogP contribution in [0.15, 0.2) is 39.5 Å². The van der Waals surface area contributed by atoms with Gasteiger partial charge >= 0.3 is 0 Å². The molecule has 100 valence electrons. The largest absolute Gasteiger partial charge is 0.305 e. The second kappa shape index (κ2) is 7.12. The van der Waals surface area contributed by atoms with Crippen molar-refractivity contribution in [1.82, 2.24) is 15.3 Å². The first-order valence-corrected chi connectivity index (χ1v) is 7.72. The van der Waals surface area contributed by atoms with Crippen LogP contribution in [0, 0.1) is 0 Å². The van der Waals surface area contributed by atoms with Crippen LogP contribution in [0.1, 0.15) is 23.9 Å². The molecule has 0 spiro atoms. The number of nitrogens with one attached hydrogen (secondary N) is 1. The molecule has 2 aromatic heterocycles. The van der Waals surface area contributed by atoms with Crippen LogP contribution in [0.25, 0.3) is 0 Å². The van der Waals surface area contributed by atoms with Crippen molar-refractivity contribution in [3.05, 3.63) is 56.5 Å². The zero-order valence-electron chi connectivity index (χ0n) is 10.7. The number of hydrogen-bond donors (Lipinski definition) is 1. The predicted molar refractivity (Wildman–Crippen MR) is 83.8 cm³/mol. The molecule has 2 heterocycles. The number of halogens is 2. The van der Waals surface area contributed by atoms with E-state index in [0.29, 0.717) is 6.54 Å². The molecule has 0 atom stereocenters. The van der Waals surface area contributed by atoms with Gasteiger partial charge in [-0.25, -0.2) is 0 Å². The second-order valence-electron chi connectivity index (χ2n) is 4.15. The maximum absolute atomic E-state index is 4.42. The van der Waals surface area contributed by atoms with E-state index in [4.69, 9.17) is 0 Å². The molecule has 0 aliphatic carbocycles. The molecule has 0 radical (unpaired) electrons. The first-order valence-electron chi connectivity index (χ1n) is 6.14. The van der Waals surface area contributed by atoms with Crippen LogP contribution < -0.4 is 5.32 Å². The van der Waals surface area contributed by atoms with Crippen molar-refractivity contribution in [3.63, 3.8) is 0 Å². The van der Waals surface area contributed by atoms with Crippen LogP contribution in [0.2, 0.25) is 0 Å². The van der Waals surface area contributed by atoms with Crippen molar-refractivity contribution >= 4 is 31.9 Å². The summed E-state index contributed by atoms with van der Waals surface area (Å²) in [6.07, 6.45) is 4.65. The van der Waals surface area contributed by atoms with Crippen molar-refractivity contribution < 1.29 is 0 Å². The number of rotatable bonds is 5. The van der Waals surface area contributed by atoms with Gasteiger partial charge in [-0.2, -0.15) is 0 Å². The molecule has 0 aromatic carbocycles. The van der Waals surface area contributed by atoms with Gasteiger partial charge in [0.05, 0.1) is 11.4 Å². The van der Waals surface area contributed by atoms with Crippen molar-refractivity contribution in [1.29, 1.82) is 0 Å². The van der Waals surface area contributed by atoms with Gasteiger partial charge in [-0.3, -0.25) is 9.97 Å². The molecule has 3 nitrogen and oxygen atoms in total. The summed E-state index contributed by atoms with van der Waals surface area (Å²) in [4.78, 5) is 8.79. The lowest BCUT2D eigenvalue weighted by Gasteiger charge is -2.09. The summed E-state index contributed by atoms with van der Waals surface area (Å²) < 4.78 is 1.98. The SMILES string of the molecule is CCc1cccnc1CNCc1ncc(Br)cc1Br. The lowest BCUT2D eigenvalue weighted by Crippen LogP contribution is -2.16. The Bertz CT molecular complexity index is 558. The summed E-state index contributed by atoms with van der Waals surface area (Å²) in [5, 5.41) is 3.38. The number of hydrogen-bond acceptors (Lipinski definition) is 3. The highest BCUT2D eigenvalue weighted by atomic mass is 79.9. The number of pyridine rings is 2. The zero-order chi connectivity index (χ0) is 13.7. The summed E-state index contributed by atoms with van der Waals surface area (Å²) in [5.41, 5.74) is 3.40. The Labute approximate surface area is 130 Å². The lowest BCUT2D eigenvalue weighted by molar-refractivity contribution is 0.659. The molecule has 2 rings (SSSR count). The first kappa shape index (κ1) is 14.6. The molecule has 0 saturated heterocycles. The van der Waals surface area contributed by atoms with Crippen LogP contribution in [-0.2, 0) is 19.5 Å². The van der Waals surface area contributed by atoms with E-state index in [9.17, 15) is 0 Å². The smallest absolute Gasteiger partial charge is 0.0684 e. The summed E-state index contributed by atoms with van der Waals surface area (Å²) in [5.74, 6) is 0. The fourth-order valence-corrected chi connectivity index (χ4v) is 2.95. The van der Waals surface area contributed by atoms with E-state index in [2.05, 4.69) is 60.1 Å². The van der Waals surface area contributed by atoms with Crippen LogP contribution in [0.4, 0.5) is 0 Å². The standard InChI is InChI=1S/C14H15Br2N3/c1-2-10-4-3-5-18-13(10)8-17-9-14-12(16)6-11(15)7-19-14/h3-7,17H,2,8-9H2,1H3. The quantitative estimate of drug-likeness (QED) is 0.850. The topological polar surface area (TPSA) is 37.8 Å². The molecule has 1 N–H and O–H groups in total. The van der Waals surface area contributed by atoms with E-state index < -0.39 is 0 Å². The summed E-state index contributed by atoms with van der Waals surface area (Å²) in [7, 11) is 0. The number of nitrogens with zero attached hydrogens (tertiary/aromatic N) is 2. The van der Waals surface area contributed by atoms with Crippen molar-refractivity contribution in [2.24, 2.45) is 0 Å². The second-order valence-corrected chi connectivity index (χ2v) is 5.92. The Morgan fingerprint density at radius 1 is 1.16 bits per heavy atom. The average Bonchev–Trinajstić information content (AvgIpc) is 2.42. The Kier molecular flexibility index (Phi) is 5.48. The average molecular weight is 385 g/mol. The van der Waals surface area contributed by atoms with Gasteiger partial charge in [0.25, 0.3) is 0 Å². The molecule has 2 aromatic rings. The Hall–Kier alpha value is -0.780. The Morgan fingerprint density at radius 3 is 2.68 bits per heavy atom. The van der Waals surface area contributed by atoms with Crippen LogP contribution in [0.5, 0.6) is 0 Å². The van der Waals surface area contributed by atoms with Gasteiger partial charge in [-0.05, 0) is 56.0 Å². The normalized spacial score (nSPS) is 10.7. The molecule has 19 heavy (non-hydrogen) atoms. The van der Waals surface area contributed by atoms with E-state index in [1.165, 1.54) is 5.56 Å². The third kappa shape index (κ3) is 4.09. The van der Waals surface area contributed by atoms with Gasteiger partial charge in [0.1, 0.15) is 0 Å². The predicted octanol–water partition coefficient (Wildman–Crippen LogP) is 3.85. The minimum atomic E-state index is 0.716. The Morgan fingerprint density at radius 2 is 1.95 bits per heavy atom. The van der Waals surface area contributed by atoms with E-state index in [1.54, 1.807) is 6.20 Å². The van der Waals surface area contributed by atoms with Crippen molar-refractivity contribution in [2.75, 3.05) is 0 Å². The molecule has 0 bridgehead atoms. The number of aryl methyl sites for hydroxylation is 1. The van der Waals surface area contributed by atoms with Crippen molar-refractivity contribution in [2.45, 2.75) is 26.4 Å². The minimum Gasteiger partial charge on any atom is -0.305 e. The fraction of sp³-hybridized carbons (Fsp3) is 0.286. The molecule has 0 fully saturated rings. The van der Waals surface area contributed by atoms with E-state index >= 15 is 0 Å². The summed E-state index contributed by atoms with van der Waals surface area (Å²) >= 11 is 6.91. The molecule has 0 amide bonds. The number of aromatic nitrogens is 2. The highest BCUT2D eigenvalue weighted by Crippen LogP contribution is 2.19. The van der Waals surface area contributed by atoms with Gasteiger partial charge in [0.2, 0.25) is 0 Å². The van der Waals surface area contributed by atoms with Crippen LogP contribution in [0.3, 0.4) is 0 Å². The van der Waals surface area contributed by atoms with Gasteiger partial charge in [-0.1, -0.05) is 13.0 Å². The van der Waals surface area contributed by atoms with E-state index in [1.807, 2.05) is 18.3 Å². The summed E-state index contributed by atoms with van der Waals surface area (Å²) in [6, 6.07) is 6.11. The molecular weight excluding hydrogens is 370 g/mol. The minimum absolute atomic E-state index is 0.716. The van der Waals surface area contributed by atoms with Gasteiger partial charge in [0.15, 0.2) is 0 Å². The third-order valence-corrected chi connectivity index (χ3v) is 3.95. The third-order valence-electron chi connectivity index (χ3n) is 2.83. The lowest BCUT2D eigenvalue weighted by atomic mass is 10.1. The first-order chi connectivity index (χ1) is 9.20. The maximum Gasteiger partial charge on any atom is 0.0684 e. The van der Waals surface area contributed by atoms with Crippen LogP contribution >= 0.6 is 31.9 Å². The molecule has 5 heteroatoms. The molecule has 0 saturated carbocycles. The monoisotopic (exact) mass is 383 g/mol. The molecular formula is C14H15Br2N3. The van der Waals surface area contributed by atoms with Crippen molar-refractivity contribution in [3.8, 4) is 0 Å². The molecule has 0 aliphatic heterocycles. The van der Waals surface area contributed by atoms with E-state index in [-0.39, 0.29) is 0 Å². The van der Waals surface area contributed by atoms with Gasteiger partial charge < -0.3 is 5.32 Å². The van der Waals surface area contributed by atoms with Gasteiger partial charge in [-0.15, -0.1) is 0 Å². The fourth-order valence-electron chi connectivity index (χ4n) is 1.82. The van der Waals surface area contributed by atoms with Gasteiger partial charge in [0, 0.05) is 34.4 Å². The molecule has 0 unspecified atom stereocenters. The zero-order valence-corrected chi connectivity index (χ0v) is 13.8. The summed E-state index contributed by atoms with van der Waals surface area (Å²) in [6.45, 7) is 3.62. The Balaban J connectivity index is 1.96. The maximum atomic E-state index is 4.42. The highest BCUT2D eigenvalue weighted by molar-refractivity contribution is 9.11. The molecule has 0 aliphatic rings.